The Hall–Kier alpha value is -0.530. The van der Waals surface area contributed by atoms with E-state index < -0.39 is 0 Å². The van der Waals surface area contributed by atoms with Crippen molar-refractivity contribution < 1.29 is 0 Å². The molecule has 1 fully saturated rings. The fourth-order valence-corrected chi connectivity index (χ4v) is 3.53. The quantitative estimate of drug-likeness (QED) is 0.745. The highest BCUT2D eigenvalue weighted by molar-refractivity contribution is 6.30. The van der Waals surface area contributed by atoms with Crippen molar-refractivity contribution in [2.24, 2.45) is 11.8 Å². The molecule has 0 amide bonds. The van der Waals surface area contributed by atoms with Crippen LogP contribution in [0.1, 0.15) is 64.5 Å². The molecule has 0 spiro atoms. The van der Waals surface area contributed by atoms with Crippen LogP contribution in [0.25, 0.3) is 0 Å². The van der Waals surface area contributed by atoms with Crippen LogP contribution in [-0.2, 0) is 0 Å². The molecular formula is C18H28ClN. The summed E-state index contributed by atoms with van der Waals surface area (Å²) in [6, 6.07) is 9.49. The van der Waals surface area contributed by atoms with Crippen LogP contribution >= 0.6 is 11.6 Å². The average molecular weight is 294 g/mol. The zero-order valence-electron chi connectivity index (χ0n) is 13.0. The third kappa shape index (κ3) is 3.99. The first-order valence-electron chi connectivity index (χ1n) is 8.13. The van der Waals surface area contributed by atoms with E-state index in [2.05, 4.69) is 38.2 Å². The number of rotatable bonds is 5. The van der Waals surface area contributed by atoms with E-state index >= 15 is 0 Å². The fourth-order valence-electron chi connectivity index (χ4n) is 3.41. The van der Waals surface area contributed by atoms with E-state index in [1.165, 1.54) is 37.7 Å². The Morgan fingerprint density at radius 1 is 1.20 bits per heavy atom. The van der Waals surface area contributed by atoms with Gasteiger partial charge >= 0.3 is 0 Å². The van der Waals surface area contributed by atoms with E-state index in [1.807, 2.05) is 12.1 Å². The van der Waals surface area contributed by atoms with Gasteiger partial charge in [0.05, 0.1) is 0 Å². The Morgan fingerprint density at radius 2 is 1.90 bits per heavy atom. The topological polar surface area (TPSA) is 12.0 Å². The van der Waals surface area contributed by atoms with Crippen molar-refractivity contribution in [2.75, 3.05) is 0 Å². The highest BCUT2D eigenvalue weighted by atomic mass is 35.5. The first-order valence-corrected chi connectivity index (χ1v) is 8.51. The molecule has 2 rings (SSSR count). The first-order chi connectivity index (χ1) is 9.61. The number of hydrogen-bond donors (Lipinski definition) is 1. The molecule has 1 nitrogen and oxygen atoms in total. The maximum absolute atomic E-state index is 6.01. The number of hydrogen-bond acceptors (Lipinski definition) is 1. The summed E-state index contributed by atoms with van der Waals surface area (Å²) in [5.41, 5.74) is 1.38. The molecule has 1 aliphatic carbocycles. The molecule has 1 aromatic rings. The van der Waals surface area contributed by atoms with Crippen LogP contribution in [0.4, 0.5) is 0 Å². The van der Waals surface area contributed by atoms with Gasteiger partial charge < -0.3 is 5.32 Å². The molecule has 4 atom stereocenters. The highest BCUT2D eigenvalue weighted by Crippen LogP contribution is 2.32. The number of halogens is 1. The lowest BCUT2D eigenvalue weighted by Crippen LogP contribution is -2.42. The zero-order chi connectivity index (χ0) is 14.5. The normalized spacial score (nSPS) is 28.3. The van der Waals surface area contributed by atoms with Crippen molar-refractivity contribution >= 4 is 11.6 Å². The molecule has 20 heavy (non-hydrogen) atoms. The van der Waals surface area contributed by atoms with Crippen LogP contribution in [-0.4, -0.2) is 6.04 Å². The van der Waals surface area contributed by atoms with Gasteiger partial charge in [0.25, 0.3) is 0 Å². The molecule has 0 aliphatic heterocycles. The second-order valence-electron chi connectivity index (χ2n) is 6.43. The second-order valence-corrected chi connectivity index (χ2v) is 6.87. The Morgan fingerprint density at radius 3 is 2.55 bits per heavy atom. The predicted molar refractivity (Wildman–Crippen MR) is 88.2 cm³/mol. The maximum atomic E-state index is 6.01. The molecule has 0 radical (unpaired) electrons. The van der Waals surface area contributed by atoms with Gasteiger partial charge in [-0.2, -0.15) is 0 Å². The van der Waals surface area contributed by atoms with Gasteiger partial charge in [-0.05, 0) is 42.4 Å². The summed E-state index contributed by atoms with van der Waals surface area (Å²) in [5, 5.41) is 4.75. The zero-order valence-corrected chi connectivity index (χ0v) is 13.8. The molecule has 0 heterocycles. The molecule has 0 bridgehead atoms. The van der Waals surface area contributed by atoms with Crippen LogP contribution < -0.4 is 5.32 Å². The molecule has 1 N–H and O–H groups in total. The van der Waals surface area contributed by atoms with Gasteiger partial charge in [-0.25, -0.2) is 0 Å². The molecule has 112 valence electrons. The van der Waals surface area contributed by atoms with Gasteiger partial charge in [-0.3, -0.25) is 0 Å². The lowest BCUT2D eigenvalue weighted by atomic mass is 9.77. The first kappa shape index (κ1) is 15.9. The molecule has 1 saturated carbocycles. The minimum absolute atomic E-state index is 0.468. The fraction of sp³-hybridized carbons (Fsp3) is 0.667. The summed E-state index contributed by atoms with van der Waals surface area (Å²) in [6.45, 7) is 7.07. The van der Waals surface area contributed by atoms with Crippen LogP contribution in [0.5, 0.6) is 0 Å². The van der Waals surface area contributed by atoms with E-state index in [1.54, 1.807) is 0 Å². The summed E-state index contributed by atoms with van der Waals surface area (Å²) in [7, 11) is 0. The highest BCUT2D eigenvalue weighted by Gasteiger charge is 2.28. The van der Waals surface area contributed by atoms with Gasteiger partial charge in [-0.1, -0.05) is 63.8 Å². The van der Waals surface area contributed by atoms with Crippen molar-refractivity contribution in [1.82, 2.24) is 5.32 Å². The SMILES string of the molecule is CCCC(NC1CCCC(C)C1C)c1ccc(Cl)cc1. The van der Waals surface area contributed by atoms with Gasteiger partial charge in [0, 0.05) is 17.1 Å². The molecule has 4 unspecified atom stereocenters. The predicted octanol–water partition coefficient (Wildman–Crippen LogP) is 5.60. The van der Waals surface area contributed by atoms with Crippen molar-refractivity contribution in [3.05, 3.63) is 34.9 Å². The summed E-state index contributed by atoms with van der Waals surface area (Å²) < 4.78 is 0. The lowest BCUT2D eigenvalue weighted by molar-refractivity contribution is 0.191. The standard InChI is InChI=1S/C18H28ClN/c1-4-6-18(15-9-11-16(19)12-10-15)20-17-8-5-7-13(2)14(17)3/h9-14,17-18,20H,4-8H2,1-3H3. The maximum Gasteiger partial charge on any atom is 0.0406 e. The van der Waals surface area contributed by atoms with Crippen molar-refractivity contribution in [3.8, 4) is 0 Å². The van der Waals surface area contributed by atoms with Crippen LogP contribution in [0.15, 0.2) is 24.3 Å². The van der Waals surface area contributed by atoms with E-state index in [-0.39, 0.29) is 0 Å². The Bertz CT molecular complexity index is 400. The van der Waals surface area contributed by atoms with Gasteiger partial charge in [0.2, 0.25) is 0 Å². The molecular weight excluding hydrogens is 266 g/mol. The van der Waals surface area contributed by atoms with E-state index in [4.69, 9.17) is 11.6 Å². The summed E-state index contributed by atoms with van der Waals surface area (Å²) in [4.78, 5) is 0. The molecule has 1 aromatic carbocycles. The van der Waals surface area contributed by atoms with Crippen molar-refractivity contribution in [3.63, 3.8) is 0 Å². The van der Waals surface area contributed by atoms with Crippen molar-refractivity contribution in [2.45, 2.75) is 65.0 Å². The van der Waals surface area contributed by atoms with Gasteiger partial charge in [0.1, 0.15) is 0 Å². The molecule has 1 aliphatic rings. The average Bonchev–Trinajstić information content (AvgIpc) is 2.44. The Labute approximate surface area is 129 Å². The van der Waals surface area contributed by atoms with Crippen LogP contribution in [0, 0.1) is 11.8 Å². The largest absolute Gasteiger partial charge is 0.307 e. The summed E-state index contributed by atoms with van der Waals surface area (Å²) >= 11 is 6.01. The third-order valence-corrected chi connectivity index (χ3v) is 5.22. The summed E-state index contributed by atoms with van der Waals surface area (Å²) in [5.74, 6) is 1.61. The Balaban J connectivity index is 2.06. The summed E-state index contributed by atoms with van der Waals surface area (Å²) in [6.07, 6.45) is 6.47. The van der Waals surface area contributed by atoms with Crippen molar-refractivity contribution in [1.29, 1.82) is 0 Å². The molecule has 0 saturated heterocycles. The van der Waals surface area contributed by atoms with Gasteiger partial charge in [-0.15, -0.1) is 0 Å². The van der Waals surface area contributed by atoms with Crippen LogP contribution in [0.3, 0.4) is 0 Å². The number of benzene rings is 1. The third-order valence-electron chi connectivity index (χ3n) is 4.97. The minimum Gasteiger partial charge on any atom is -0.307 e. The van der Waals surface area contributed by atoms with Gasteiger partial charge in [0.15, 0.2) is 0 Å². The molecule has 2 heteroatoms. The van der Waals surface area contributed by atoms with E-state index in [9.17, 15) is 0 Å². The Kier molecular flexibility index (Phi) is 5.92. The van der Waals surface area contributed by atoms with Crippen LogP contribution in [0.2, 0.25) is 5.02 Å². The lowest BCUT2D eigenvalue weighted by Gasteiger charge is -2.37. The molecule has 0 aromatic heterocycles. The smallest absolute Gasteiger partial charge is 0.0406 e. The monoisotopic (exact) mass is 293 g/mol. The minimum atomic E-state index is 0.468. The second kappa shape index (κ2) is 7.47. The van der Waals surface area contributed by atoms with E-state index in [0.717, 1.165) is 16.9 Å². The number of nitrogens with one attached hydrogen (secondary N) is 1. The van der Waals surface area contributed by atoms with E-state index in [0.29, 0.717) is 12.1 Å².